The van der Waals surface area contributed by atoms with Crippen molar-refractivity contribution in [3.63, 3.8) is 0 Å². The van der Waals surface area contributed by atoms with Gasteiger partial charge in [0, 0.05) is 10.4 Å². The van der Waals surface area contributed by atoms with E-state index in [1.165, 1.54) is 7.11 Å². The summed E-state index contributed by atoms with van der Waals surface area (Å²) in [5, 5.41) is 5.85. The summed E-state index contributed by atoms with van der Waals surface area (Å²) in [6, 6.07) is 4.26. The van der Waals surface area contributed by atoms with Crippen molar-refractivity contribution in [1.29, 1.82) is 0 Å². The summed E-state index contributed by atoms with van der Waals surface area (Å²) >= 11 is 5.90. The van der Waals surface area contributed by atoms with Crippen LogP contribution >= 0.6 is 11.6 Å². The second-order valence-electron chi connectivity index (χ2n) is 5.78. The highest BCUT2D eigenvalue weighted by molar-refractivity contribution is 6.31. The number of benzene rings is 1. The lowest BCUT2D eigenvalue weighted by Crippen LogP contribution is -2.46. The molecule has 116 valence electrons. The van der Waals surface area contributed by atoms with Crippen molar-refractivity contribution in [3.8, 4) is 5.75 Å². The number of carbonyl (C=O) groups is 2. The molecule has 1 unspecified atom stereocenters. The molecule has 0 bridgehead atoms. The van der Waals surface area contributed by atoms with Crippen LogP contribution in [0.5, 0.6) is 5.75 Å². The Morgan fingerprint density at radius 1 is 1.29 bits per heavy atom. The predicted octanol–water partition coefficient (Wildman–Crippen LogP) is 2.84. The van der Waals surface area contributed by atoms with Crippen LogP contribution in [0.25, 0.3) is 0 Å². The smallest absolute Gasteiger partial charge is 0.246 e. The predicted molar refractivity (Wildman–Crippen MR) is 83.7 cm³/mol. The van der Waals surface area contributed by atoms with Crippen molar-refractivity contribution in [2.75, 3.05) is 12.4 Å². The molecule has 0 aliphatic rings. The number of nitrogens with one attached hydrogen (secondary N) is 2. The van der Waals surface area contributed by atoms with Crippen molar-refractivity contribution in [2.45, 2.75) is 33.7 Å². The van der Waals surface area contributed by atoms with Crippen LogP contribution in [0.15, 0.2) is 18.2 Å². The zero-order chi connectivity index (χ0) is 16.2. The van der Waals surface area contributed by atoms with Gasteiger partial charge in [-0.05, 0) is 25.1 Å². The van der Waals surface area contributed by atoms with E-state index in [-0.39, 0.29) is 11.8 Å². The van der Waals surface area contributed by atoms with Crippen molar-refractivity contribution in [3.05, 3.63) is 23.2 Å². The Kier molecular flexibility index (Phi) is 5.61. The van der Waals surface area contributed by atoms with E-state index in [0.29, 0.717) is 16.5 Å². The lowest BCUT2D eigenvalue weighted by atomic mass is 9.95. The number of amides is 2. The van der Waals surface area contributed by atoms with Gasteiger partial charge in [0.1, 0.15) is 11.8 Å². The molecule has 0 heterocycles. The minimum absolute atomic E-state index is 0.191. The highest BCUT2D eigenvalue weighted by atomic mass is 35.5. The van der Waals surface area contributed by atoms with Crippen molar-refractivity contribution in [1.82, 2.24) is 5.32 Å². The molecular formula is C15H21ClN2O3. The molecule has 0 saturated carbocycles. The molecule has 2 N–H and O–H groups in total. The summed E-state index contributed by atoms with van der Waals surface area (Å²) < 4.78 is 5.16. The fraction of sp³-hybridized carbons (Fsp3) is 0.467. The number of hydrogen-bond donors (Lipinski definition) is 2. The third-order valence-corrected chi connectivity index (χ3v) is 3.08. The Morgan fingerprint density at radius 2 is 1.90 bits per heavy atom. The largest absolute Gasteiger partial charge is 0.495 e. The molecule has 1 aromatic carbocycles. The van der Waals surface area contributed by atoms with Crippen molar-refractivity contribution >= 4 is 29.1 Å². The van der Waals surface area contributed by atoms with E-state index >= 15 is 0 Å². The first-order chi connectivity index (χ1) is 9.65. The normalized spacial score (nSPS) is 12.5. The first-order valence-corrected chi connectivity index (χ1v) is 6.98. The minimum atomic E-state index is -0.666. The van der Waals surface area contributed by atoms with E-state index < -0.39 is 11.5 Å². The number of halogens is 1. The summed E-state index contributed by atoms with van der Waals surface area (Å²) in [7, 11) is 1.50. The molecule has 1 atom stereocenters. The maximum atomic E-state index is 12.1. The number of methoxy groups -OCH3 is 1. The van der Waals surface area contributed by atoms with Crippen LogP contribution in [0.2, 0.25) is 5.02 Å². The first kappa shape index (κ1) is 17.3. The average molecular weight is 313 g/mol. The highest BCUT2D eigenvalue weighted by Gasteiger charge is 2.25. The van der Waals surface area contributed by atoms with Gasteiger partial charge in [-0.1, -0.05) is 32.4 Å². The molecule has 2 amide bonds. The number of carbonyl (C=O) groups excluding carboxylic acids is 2. The summed E-state index contributed by atoms with van der Waals surface area (Å²) in [5.41, 5.74) is -0.0886. The molecule has 5 nitrogen and oxygen atoms in total. The van der Waals surface area contributed by atoms with Gasteiger partial charge in [0.05, 0.1) is 12.8 Å². The Hall–Kier alpha value is -1.75. The fourth-order valence-corrected chi connectivity index (χ4v) is 1.67. The Balaban J connectivity index is 2.77. The number of rotatable bonds is 4. The molecule has 0 fully saturated rings. The van der Waals surface area contributed by atoms with Gasteiger partial charge in [0.25, 0.3) is 0 Å². The quantitative estimate of drug-likeness (QED) is 0.898. The van der Waals surface area contributed by atoms with Gasteiger partial charge in [0.15, 0.2) is 0 Å². The van der Waals surface area contributed by atoms with Crippen LogP contribution < -0.4 is 15.4 Å². The molecule has 0 aliphatic heterocycles. The van der Waals surface area contributed by atoms with Crippen LogP contribution in [0, 0.1) is 5.41 Å². The van der Waals surface area contributed by atoms with Gasteiger partial charge >= 0.3 is 0 Å². The maximum absolute atomic E-state index is 12.1. The first-order valence-electron chi connectivity index (χ1n) is 6.60. The molecule has 0 aromatic heterocycles. The molecule has 0 aliphatic carbocycles. The number of anilines is 1. The van der Waals surface area contributed by atoms with Crippen LogP contribution in [-0.4, -0.2) is 25.0 Å². The van der Waals surface area contributed by atoms with Gasteiger partial charge in [-0.3, -0.25) is 9.59 Å². The second-order valence-corrected chi connectivity index (χ2v) is 6.22. The maximum Gasteiger partial charge on any atom is 0.246 e. The van der Waals surface area contributed by atoms with Crippen LogP contribution in [0.3, 0.4) is 0 Å². The Bertz CT molecular complexity index is 538. The molecule has 21 heavy (non-hydrogen) atoms. The molecule has 1 aromatic rings. The zero-order valence-electron chi connectivity index (χ0n) is 12.9. The molecule has 0 spiro atoms. The average Bonchev–Trinajstić information content (AvgIpc) is 2.37. The van der Waals surface area contributed by atoms with E-state index in [9.17, 15) is 9.59 Å². The van der Waals surface area contributed by atoms with E-state index in [0.717, 1.165) is 0 Å². The zero-order valence-corrected chi connectivity index (χ0v) is 13.7. The van der Waals surface area contributed by atoms with Gasteiger partial charge in [-0.15, -0.1) is 0 Å². The summed E-state index contributed by atoms with van der Waals surface area (Å²) in [5.74, 6) is -0.0292. The topological polar surface area (TPSA) is 67.4 Å². The summed E-state index contributed by atoms with van der Waals surface area (Å²) in [6.07, 6.45) is 0. The van der Waals surface area contributed by atoms with Crippen molar-refractivity contribution < 1.29 is 14.3 Å². The van der Waals surface area contributed by atoms with Gasteiger partial charge in [0.2, 0.25) is 11.8 Å². The van der Waals surface area contributed by atoms with Crippen LogP contribution in [-0.2, 0) is 9.59 Å². The summed E-state index contributed by atoms with van der Waals surface area (Å²) in [6.45, 7) is 6.98. The van der Waals surface area contributed by atoms with Gasteiger partial charge in [-0.2, -0.15) is 0 Å². The lowest BCUT2D eigenvalue weighted by molar-refractivity contribution is -0.131. The highest BCUT2D eigenvalue weighted by Crippen LogP contribution is 2.27. The molecule has 6 heteroatoms. The third kappa shape index (κ3) is 4.93. The Morgan fingerprint density at radius 3 is 2.43 bits per heavy atom. The molecule has 0 radical (unpaired) electrons. The monoisotopic (exact) mass is 312 g/mol. The van der Waals surface area contributed by atoms with E-state index in [4.69, 9.17) is 16.3 Å². The van der Waals surface area contributed by atoms with E-state index in [1.54, 1.807) is 45.9 Å². The fourth-order valence-electron chi connectivity index (χ4n) is 1.50. The van der Waals surface area contributed by atoms with Gasteiger partial charge < -0.3 is 15.4 Å². The van der Waals surface area contributed by atoms with E-state index in [1.807, 2.05) is 0 Å². The lowest BCUT2D eigenvalue weighted by Gasteiger charge is -2.21. The minimum Gasteiger partial charge on any atom is -0.495 e. The SMILES string of the molecule is COc1ccc(Cl)cc1NC(=O)C(C)NC(=O)C(C)(C)C. The van der Waals surface area contributed by atoms with Crippen LogP contribution in [0.1, 0.15) is 27.7 Å². The number of ether oxygens (including phenoxy) is 1. The standard InChI is InChI=1S/C15H21ClN2O3/c1-9(17-14(20)15(2,3)4)13(19)18-11-8-10(16)6-7-12(11)21-5/h6-9H,1-5H3,(H,17,20)(H,18,19). The molecule has 0 saturated heterocycles. The third-order valence-electron chi connectivity index (χ3n) is 2.84. The van der Waals surface area contributed by atoms with Crippen molar-refractivity contribution in [2.24, 2.45) is 5.41 Å². The molecular weight excluding hydrogens is 292 g/mol. The van der Waals surface area contributed by atoms with E-state index in [2.05, 4.69) is 10.6 Å². The summed E-state index contributed by atoms with van der Waals surface area (Å²) in [4.78, 5) is 24.0. The molecule has 1 rings (SSSR count). The second kappa shape index (κ2) is 6.80. The van der Waals surface area contributed by atoms with Gasteiger partial charge in [-0.25, -0.2) is 0 Å². The Labute approximate surface area is 130 Å². The van der Waals surface area contributed by atoms with Crippen LogP contribution in [0.4, 0.5) is 5.69 Å². The number of hydrogen-bond acceptors (Lipinski definition) is 3.